The van der Waals surface area contributed by atoms with Crippen molar-refractivity contribution in [3.8, 4) is 22.3 Å². The smallest absolute Gasteiger partial charge is 0.282 e. The Morgan fingerprint density at radius 3 is 0.870 bits per heavy atom. The van der Waals surface area contributed by atoms with Crippen LogP contribution in [0.3, 0.4) is 0 Å². The van der Waals surface area contributed by atoms with Crippen molar-refractivity contribution < 1.29 is 77.8 Å². The molecule has 0 heterocycles. The number of rotatable bonds is 8. The predicted molar refractivity (Wildman–Crippen MR) is 154 cm³/mol. The third-order valence-corrected chi connectivity index (χ3v) is 11.9. The summed E-state index contributed by atoms with van der Waals surface area (Å²) in [6.45, 7) is 0. The molecule has 0 amide bonds. The van der Waals surface area contributed by atoms with Crippen LogP contribution >= 0.6 is 0 Å². The van der Waals surface area contributed by atoms with Gasteiger partial charge in [0, 0.05) is 11.1 Å². The Bertz CT molecular complexity index is 2480. The molecule has 0 spiro atoms. The van der Waals surface area contributed by atoms with Crippen LogP contribution in [0.4, 0.5) is 0 Å². The highest BCUT2D eigenvalue weighted by Gasteiger charge is 2.35. The normalized spacial score (nSPS) is 13.6. The molecule has 4 rings (SSSR count). The Kier molecular flexibility index (Phi) is 8.55. The van der Waals surface area contributed by atoms with Gasteiger partial charge >= 0.3 is 0 Å². The van der Waals surface area contributed by atoms with Crippen molar-refractivity contribution in [2.24, 2.45) is 0 Å². The third kappa shape index (κ3) is 6.82. The zero-order valence-corrected chi connectivity index (χ0v) is 26.7. The summed E-state index contributed by atoms with van der Waals surface area (Å²) in [4.78, 5) is -8.97. The van der Waals surface area contributed by atoms with Crippen LogP contribution in [0, 0.1) is 0 Å². The van der Waals surface area contributed by atoms with Gasteiger partial charge in [0.15, 0.2) is 0 Å². The second-order valence-electron chi connectivity index (χ2n) is 9.16. The van der Waals surface area contributed by atoms with E-state index in [1.54, 1.807) is 0 Å². The van der Waals surface area contributed by atoms with Crippen LogP contribution in [0.1, 0.15) is 0 Å². The molecule has 0 fully saturated rings. The molecule has 0 aliphatic rings. The lowest BCUT2D eigenvalue weighted by Crippen LogP contribution is -2.13. The number of benzene rings is 4. The third-order valence-electron chi connectivity index (χ3n) is 6.21. The maximum atomic E-state index is 12.3. The van der Waals surface area contributed by atoms with E-state index < -0.39 is 112 Å². The standard InChI is InChI=1S/C22H16O18S6/c23-41(24,25)15-5-7-17(43(29,30)31)21(45(35,36)37)19(15)12-3-1-11-2-4-13(10-14(11)9-12)20-16(42(26,27)28)6-8-18(44(32,33)34)22(20)46(38,39)40/h1-10H,(H,23,24,25)(H,26,27,28)(H,29,30,31)(H,32,33,34)(H,35,36,37)(H,38,39,40). The van der Waals surface area contributed by atoms with Crippen LogP contribution < -0.4 is 0 Å². The van der Waals surface area contributed by atoms with Gasteiger partial charge in [-0.2, -0.15) is 50.5 Å². The zero-order chi connectivity index (χ0) is 35.0. The van der Waals surface area contributed by atoms with Gasteiger partial charge in [0.25, 0.3) is 60.7 Å². The van der Waals surface area contributed by atoms with E-state index in [1.807, 2.05) is 0 Å². The van der Waals surface area contributed by atoms with Gasteiger partial charge < -0.3 is 0 Å². The minimum atomic E-state index is -5.73. The van der Waals surface area contributed by atoms with E-state index in [1.165, 1.54) is 0 Å². The Balaban J connectivity index is 2.23. The fourth-order valence-corrected chi connectivity index (χ4v) is 10.1. The van der Waals surface area contributed by atoms with Gasteiger partial charge in [-0.25, -0.2) is 0 Å². The highest BCUT2D eigenvalue weighted by molar-refractivity contribution is 7.90. The molecule has 248 valence electrons. The molecule has 24 heteroatoms. The van der Waals surface area contributed by atoms with E-state index in [0.29, 0.717) is 12.1 Å². The molecule has 0 bridgehead atoms. The van der Waals surface area contributed by atoms with E-state index in [4.69, 9.17) is 0 Å². The van der Waals surface area contributed by atoms with Crippen LogP contribution in [0.5, 0.6) is 0 Å². The molecule has 6 N–H and O–H groups in total. The molecule has 0 atom stereocenters. The largest absolute Gasteiger partial charge is 0.296 e. The van der Waals surface area contributed by atoms with Gasteiger partial charge in [-0.3, -0.25) is 27.3 Å². The quantitative estimate of drug-likeness (QED) is 0.139. The van der Waals surface area contributed by atoms with E-state index in [0.717, 1.165) is 36.4 Å². The van der Waals surface area contributed by atoms with Crippen molar-refractivity contribution in [3.63, 3.8) is 0 Å². The molecule has 0 aliphatic carbocycles. The first-order valence-electron chi connectivity index (χ1n) is 11.4. The Labute approximate surface area is 260 Å². The van der Waals surface area contributed by atoms with Crippen LogP contribution in [0.25, 0.3) is 33.0 Å². The lowest BCUT2D eigenvalue weighted by molar-refractivity contribution is 0.465. The molecule has 0 aliphatic heterocycles. The van der Waals surface area contributed by atoms with E-state index in [2.05, 4.69) is 0 Å². The molecule has 18 nitrogen and oxygen atoms in total. The molecule has 46 heavy (non-hydrogen) atoms. The molecule has 4 aromatic carbocycles. The number of hydrogen-bond donors (Lipinski definition) is 6. The maximum Gasteiger partial charge on any atom is 0.296 e. The molecule has 0 radical (unpaired) electrons. The fraction of sp³-hybridized carbons (Fsp3) is 0. The van der Waals surface area contributed by atoms with Gasteiger partial charge in [0.1, 0.15) is 29.4 Å². The number of fused-ring (bicyclic) bond motifs is 1. The van der Waals surface area contributed by atoms with E-state index >= 15 is 0 Å². The van der Waals surface area contributed by atoms with Gasteiger partial charge in [0.2, 0.25) is 0 Å². The summed E-state index contributed by atoms with van der Waals surface area (Å²) in [5.74, 6) is 0. The Hall–Kier alpha value is -3.40. The summed E-state index contributed by atoms with van der Waals surface area (Å²) < 4.78 is 204. The average Bonchev–Trinajstić information content (AvgIpc) is 2.87. The van der Waals surface area contributed by atoms with Gasteiger partial charge in [-0.1, -0.05) is 24.3 Å². The van der Waals surface area contributed by atoms with E-state index in [-0.39, 0.29) is 22.9 Å². The molecule has 0 aromatic heterocycles. The number of hydrogen-bond acceptors (Lipinski definition) is 12. The SMILES string of the molecule is O=S(=O)(O)c1ccc(S(=O)(=O)O)c(S(=O)(=O)O)c1-c1ccc2ccc(-c3c(S(=O)(=O)O)ccc(S(=O)(=O)O)c3S(=O)(=O)O)cc2c1. The highest BCUT2D eigenvalue weighted by Crippen LogP contribution is 2.42. The van der Waals surface area contributed by atoms with Crippen LogP contribution in [-0.4, -0.2) is 77.8 Å². The second-order valence-corrected chi connectivity index (χ2v) is 17.4. The summed E-state index contributed by atoms with van der Waals surface area (Å²) in [6.07, 6.45) is 0. The minimum absolute atomic E-state index is 0.105. The molecule has 0 unspecified atom stereocenters. The van der Waals surface area contributed by atoms with Crippen molar-refractivity contribution >= 4 is 71.5 Å². The van der Waals surface area contributed by atoms with Crippen molar-refractivity contribution in [1.29, 1.82) is 0 Å². The van der Waals surface area contributed by atoms with Crippen molar-refractivity contribution in [3.05, 3.63) is 60.7 Å². The maximum absolute atomic E-state index is 12.3. The van der Waals surface area contributed by atoms with Crippen LogP contribution in [0.15, 0.2) is 90.0 Å². The predicted octanol–water partition coefficient (Wildman–Crippen LogP) is 1.65. The first-order chi connectivity index (χ1) is 20.6. The van der Waals surface area contributed by atoms with E-state index in [9.17, 15) is 77.8 Å². The average molecular weight is 761 g/mol. The minimum Gasteiger partial charge on any atom is -0.282 e. The van der Waals surface area contributed by atoms with Crippen LogP contribution in [-0.2, 0) is 60.7 Å². The highest BCUT2D eigenvalue weighted by atomic mass is 32.2. The van der Waals surface area contributed by atoms with Crippen molar-refractivity contribution in [1.82, 2.24) is 0 Å². The van der Waals surface area contributed by atoms with Gasteiger partial charge in [-0.05, 0) is 58.3 Å². The summed E-state index contributed by atoms with van der Waals surface area (Å²) in [7, 11) is -33.3. The van der Waals surface area contributed by atoms with Crippen LogP contribution in [0.2, 0.25) is 0 Å². The van der Waals surface area contributed by atoms with Gasteiger partial charge in [-0.15, -0.1) is 0 Å². The summed E-state index contributed by atoms with van der Waals surface area (Å²) in [5, 5.41) is -0.123. The molecular formula is C22H16O18S6. The Morgan fingerprint density at radius 2 is 0.609 bits per heavy atom. The second kappa shape index (κ2) is 11.1. The summed E-state index contributed by atoms with van der Waals surface area (Å²) >= 11 is 0. The van der Waals surface area contributed by atoms with Gasteiger partial charge in [0.05, 0.1) is 0 Å². The lowest BCUT2D eigenvalue weighted by Gasteiger charge is -2.17. The first kappa shape index (κ1) is 35.5. The summed E-state index contributed by atoms with van der Waals surface area (Å²) in [6, 6.07) is 7.16. The topological polar surface area (TPSA) is 326 Å². The molecule has 4 aromatic rings. The summed E-state index contributed by atoms with van der Waals surface area (Å²) in [5.41, 5.74) is -3.57. The Morgan fingerprint density at radius 1 is 0.326 bits per heavy atom. The lowest BCUT2D eigenvalue weighted by atomic mass is 9.97. The molecule has 0 saturated heterocycles. The first-order valence-corrected chi connectivity index (χ1v) is 20.0. The molecular weight excluding hydrogens is 745 g/mol. The fourth-order valence-electron chi connectivity index (χ4n) is 4.54. The van der Waals surface area contributed by atoms with Crippen molar-refractivity contribution in [2.45, 2.75) is 29.4 Å². The zero-order valence-electron chi connectivity index (χ0n) is 21.8. The van der Waals surface area contributed by atoms with Crippen molar-refractivity contribution in [2.75, 3.05) is 0 Å². The monoisotopic (exact) mass is 760 g/mol. The molecule has 0 saturated carbocycles.